The number of ketones is 1. The molecular formula is C25H20N4O5. The monoisotopic (exact) mass is 456 g/mol. The first-order chi connectivity index (χ1) is 16.5. The number of hydrogen-bond donors (Lipinski definition) is 2. The van der Waals surface area contributed by atoms with E-state index < -0.39 is 17.7 Å². The number of H-pyrrole nitrogens is 1. The summed E-state index contributed by atoms with van der Waals surface area (Å²) in [5.74, 6) is -1.04. The van der Waals surface area contributed by atoms with Crippen molar-refractivity contribution in [2.45, 2.75) is 6.04 Å². The number of hydrogen-bond acceptors (Lipinski definition) is 7. The van der Waals surface area contributed by atoms with Crippen molar-refractivity contribution in [1.82, 2.24) is 15.0 Å². The van der Waals surface area contributed by atoms with Crippen LogP contribution in [-0.4, -0.2) is 46.0 Å². The average molecular weight is 456 g/mol. The van der Waals surface area contributed by atoms with Crippen molar-refractivity contribution < 1.29 is 24.2 Å². The summed E-state index contributed by atoms with van der Waals surface area (Å²) in [4.78, 5) is 39.6. The number of ether oxygens (including phenoxy) is 2. The van der Waals surface area contributed by atoms with Gasteiger partial charge in [-0.05, 0) is 35.9 Å². The van der Waals surface area contributed by atoms with Crippen LogP contribution in [0.5, 0.6) is 11.5 Å². The zero-order valence-electron chi connectivity index (χ0n) is 18.4. The van der Waals surface area contributed by atoms with Crippen LogP contribution < -0.4 is 14.4 Å². The fourth-order valence-corrected chi connectivity index (χ4v) is 4.10. The molecule has 170 valence electrons. The zero-order chi connectivity index (χ0) is 23.8. The summed E-state index contributed by atoms with van der Waals surface area (Å²) in [6, 6.07) is 14.6. The lowest BCUT2D eigenvalue weighted by Gasteiger charge is -2.22. The average Bonchev–Trinajstić information content (AvgIpc) is 3.42. The number of para-hydroxylation sites is 2. The first-order valence-corrected chi connectivity index (χ1v) is 10.4. The summed E-state index contributed by atoms with van der Waals surface area (Å²) in [6.07, 6.45) is 3.13. The van der Waals surface area contributed by atoms with Crippen LogP contribution in [0.4, 0.5) is 5.95 Å². The molecule has 9 heteroatoms. The topological polar surface area (TPSA) is 118 Å². The highest BCUT2D eigenvalue weighted by Gasteiger charge is 2.48. The number of carbonyl (C=O) groups excluding carboxylic acids is 2. The summed E-state index contributed by atoms with van der Waals surface area (Å²) < 4.78 is 10.6. The Morgan fingerprint density at radius 3 is 2.59 bits per heavy atom. The molecule has 0 radical (unpaired) electrons. The summed E-state index contributed by atoms with van der Waals surface area (Å²) in [6.45, 7) is 0. The number of nitrogens with one attached hydrogen (secondary N) is 1. The van der Waals surface area contributed by atoms with E-state index in [2.05, 4.69) is 15.0 Å². The molecule has 0 bridgehead atoms. The number of amides is 1. The van der Waals surface area contributed by atoms with E-state index in [0.717, 1.165) is 0 Å². The van der Waals surface area contributed by atoms with Gasteiger partial charge in [-0.3, -0.25) is 19.5 Å². The highest BCUT2D eigenvalue weighted by molar-refractivity contribution is 6.51. The van der Waals surface area contributed by atoms with Crippen LogP contribution in [0.25, 0.3) is 16.8 Å². The number of aliphatic hydroxyl groups is 1. The van der Waals surface area contributed by atoms with Crippen LogP contribution in [0.3, 0.4) is 0 Å². The first-order valence-electron chi connectivity index (χ1n) is 10.4. The van der Waals surface area contributed by atoms with E-state index in [-0.39, 0.29) is 28.6 Å². The lowest BCUT2D eigenvalue weighted by atomic mass is 9.96. The smallest absolute Gasteiger partial charge is 0.302 e. The molecular weight excluding hydrogens is 436 g/mol. The van der Waals surface area contributed by atoms with Gasteiger partial charge in [0.05, 0.1) is 42.4 Å². The Morgan fingerprint density at radius 1 is 1.06 bits per heavy atom. The van der Waals surface area contributed by atoms with Gasteiger partial charge in [-0.25, -0.2) is 4.98 Å². The lowest BCUT2D eigenvalue weighted by molar-refractivity contribution is -0.132. The molecule has 1 aliphatic rings. The molecule has 4 aromatic rings. The maximum Gasteiger partial charge on any atom is 0.302 e. The maximum atomic E-state index is 13.3. The second kappa shape index (κ2) is 8.36. The number of anilines is 1. The summed E-state index contributed by atoms with van der Waals surface area (Å²) in [7, 11) is 2.95. The minimum Gasteiger partial charge on any atom is -0.507 e. The van der Waals surface area contributed by atoms with E-state index in [4.69, 9.17) is 9.47 Å². The number of nitrogens with zero attached hydrogens (tertiary/aromatic N) is 3. The number of methoxy groups -OCH3 is 2. The molecule has 9 nitrogen and oxygen atoms in total. The second-order valence-electron chi connectivity index (χ2n) is 7.60. The van der Waals surface area contributed by atoms with Gasteiger partial charge >= 0.3 is 5.91 Å². The van der Waals surface area contributed by atoms with Crippen LogP contribution in [0.1, 0.15) is 17.2 Å². The van der Waals surface area contributed by atoms with E-state index >= 15 is 0 Å². The molecule has 0 saturated carbocycles. The van der Waals surface area contributed by atoms with E-state index in [1.54, 1.807) is 48.8 Å². The number of fused-ring (bicyclic) bond motifs is 1. The fourth-order valence-electron chi connectivity index (χ4n) is 4.10. The zero-order valence-corrected chi connectivity index (χ0v) is 18.4. The molecule has 1 saturated heterocycles. The molecule has 34 heavy (non-hydrogen) atoms. The predicted octanol–water partition coefficient (Wildman–Crippen LogP) is 3.60. The lowest BCUT2D eigenvalue weighted by Crippen LogP contribution is -2.30. The Bertz CT molecular complexity index is 1410. The van der Waals surface area contributed by atoms with Gasteiger partial charge in [0.15, 0.2) is 0 Å². The maximum absolute atomic E-state index is 13.3. The highest BCUT2D eigenvalue weighted by atomic mass is 16.5. The third-order valence-corrected chi connectivity index (χ3v) is 5.71. The highest BCUT2D eigenvalue weighted by Crippen LogP contribution is 2.43. The molecule has 1 atom stereocenters. The van der Waals surface area contributed by atoms with Crippen molar-refractivity contribution in [3.05, 3.63) is 83.7 Å². The molecule has 2 aromatic heterocycles. The Labute approximate surface area is 194 Å². The van der Waals surface area contributed by atoms with Crippen LogP contribution in [0.2, 0.25) is 0 Å². The molecule has 1 amide bonds. The number of pyridine rings is 1. The SMILES string of the molecule is COc1ccc(/C(O)=C2\C(=O)C(=O)N(c3nc4ccccc4[nH]3)C2c2cccnc2)c(OC)c1. The Morgan fingerprint density at radius 2 is 1.88 bits per heavy atom. The van der Waals surface area contributed by atoms with Gasteiger partial charge in [0.2, 0.25) is 5.95 Å². The van der Waals surface area contributed by atoms with Crippen molar-refractivity contribution >= 4 is 34.4 Å². The van der Waals surface area contributed by atoms with E-state index in [1.165, 1.54) is 19.1 Å². The Kier molecular flexibility index (Phi) is 5.21. The van der Waals surface area contributed by atoms with Crippen molar-refractivity contribution in [2.24, 2.45) is 0 Å². The largest absolute Gasteiger partial charge is 0.507 e. The Balaban J connectivity index is 1.73. The molecule has 1 unspecified atom stereocenters. The van der Waals surface area contributed by atoms with Gasteiger partial charge in [-0.15, -0.1) is 0 Å². The van der Waals surface area contributed by atoms with E-state index in [1.807, 2.05) is 18.2 Å². The predicted molar refractivity (Wildman–Crippen MR) is 125 cm³/mol. The van der Waals surface area contributed by atoms with Gasteiger partial charge in [0, 0.05) is 18.5 Å². The number of rotatable bonds is 5. The number of aromatic nitrogens is 3. The van der Waals surface area contributed by atoms with Gasteiger partial charge < -0.3 is 19.6 Å². The van der Waals surface area contributed by atoms with Crippen molar-refractivity contribution in [1.29, 1.82) is 0 Å². The quantitative estimate of drug-likeness (QED) is 0.268. The normalized spacial score (nSPS) is 17.4. The molecule has 3 heterocycles. The third kappa shape index (κ3) is 3.34. The molecule has 2 aromatic carbocycles. The molecule has 0 aliphatic carbocycles. The minimum atomic E-state index is -0.957. The fraction of sp³-hybridized carbons (Fsp3) is 0.120. The summed E-state index contributed by atoms with van der Waals surface area (Å²) in [5.41, 5.74) is 2.04. The number of Topliss-reactive ketones (excluding diaryl/α,β-unsaturated/α-hetero) is 1. The molecule has 5 rings (SSSR count). The molecule has 1 aliphatic heterocycles. The van der Waals surface area contributed by atoms with Crippen molar-refractivity contribution in [3.8, 4) is 11.5 Å². The summed E-state index contributed by atoms with van der Waals surface area (Å²) in [5, 5.41) is 11.3. The van der Waals surface area contributed by atoms with E-state index in [0.29, 0.717) is 22.3 Å². The summed E-state index contributed by atoms with van der Waals surface area (Å²) >= 11 is 0. The number of imidazole rings is 1. The van der Waals surface area contributed by atoms with Gasteiger partial charge in [-0.1, -0.05) is 18.2 Å². The van der Waals surface area contributed by atoms with E-state index in [9.17, 15) is 14.7 Å². The van der Waals surface area contributed by atoms with Crippen LogP contribution >= 0.6 is 0 Å². The molecule has 1 fully saturated rings. The van der Waals surface area contributed by atoms with Crippen molar-refractivity contribution in [2.75, 3.05) is 19.1 Å². The van der Waals surface area contributed by atoms with Gasteiger partial charge in [0.1, 0.15) is 17.3 Å². The first kappa shape index (κ1) is 21.2. The van der Waals surface area contributed by atoms with Crippen LogP contribution in [0, 0.1) is 0 Å². The Hall–Kier alpha value is -4.66. The number of aliphatic hydroxyl groups excluding tert-OH is 1. The van der Waals surface area contributed by atoms with Crippen LogP contribution in [-0.2, 0) is 9.59 Å². The van der Waals surface area contributed by atoms with Crippen LogP contribution in [0.15, 0.2) is 72.6 Å². The molecule has 0 spiro atoms. The number of benzene rings is 2. The van der Waals surface area contributed by atoms with Gasteiger partial charge in [-0.2, -0.15) is 0 Å². The number of aromatic amines is 1. The number of carbonyl (C=O) groups is 2. The van der Waals surface area contributed by atoms with Crippen molar-refractivity contribution in [3.63, 3.8) is 0 Å². The van der Waals surface area contributed by atoms with Gasteiger partial charge in [0.25, 0.3) is 5.78 Å². The third-order valence-electron chi connectivity index (χ3n) is 5.71. The molecule has 2 N–H and O–H groups in total. The minimum absolute atomic E-state index is 0.0954. The second-order valence-corrected chi connectivity index (χ2v) is 7.60. The standard InChI is InChI=1S/C25H20N4O5/c1-33-15-9-10-16(19(12-15)34-2)22(30)20-21(14-6-5-11-26-13-14)29(24(32)23(20)31)25-27-17-7-3-4-8-18(17)28-25/h3-13,21,30H,1-2H3,(H,27,28)/b22-20+.